The van der Waals surface area contributed by atoms with E-state index in [1.807, 2.05) is 6.92 Å². The van der Waals surface area contributed by atoms with E-state index in [0.717, 1.165) is 22.7 Å². The molecule has 1 N–H and O–H groups in total. The average Bonchev–Trinajstić information content (AvgIpc) is 1.71. The van der Waals surface area contributed by atoms with Crippen LogP contribution in [0, 0.1) is 36.5 Å². The van der Waals surface area contributed by atoms with Crippen molar-refractivity contribution in [3.63, 3.8) is 0 Å². The first-order chi connectivity index (χ1) is 41.5. The molecular weight excluding hydrogens is 1220 g/mol. The van der Waals surface area contributed by atoms with E-state index in [4.69, 9.17) is 66.7 Å². The van der Waals surface area contributed by atoms with Crippen molar-refractivity contribution in [2.75, 3.05) is 62.9 Å². The number of anilines is 3. The maximum atomic E-state index is 15.6. The number of methoxy groups -OCH3 is 3. The van der Waals surface area contributed by atoms with Crippen molar-refractivity contribution in [3.05, 3.63) is 88.7 Å². The fraction of sp³-hybridized carbons (Fsp3) is 0.404. The Kier molecular flexibility index (Phi) is 22.7. The second-order valence-electron chi connectivity index (χ2n) is 21.4. The van der Waals surface area contributed by atoms with Gasteiger partial charge in [-0.15, -0.1) is 4.98 Å². The van der Waals surface area contributed by atoms with Gasteiger partial charge in [0.15, 0.2) is 22.4 Å². The SMILES string of the molecule is COC(=O)C(C)(C)Nc1cc(F)c2nc(OC)nc(OCCOC(=O)OC(C)(C)C)c2c1.COc1nc(OCCOC(=O)OC(C)(C)C)c2cc(N3C(=S)N(c4cnc(C#N)c(C(F)(F)F)c4)C(=O)C3(C)C)cc(F)c2n1.[C-]#[N+]c1ncc(N=C=S)cc1C. The molecule has 1 aliphatic heterocycles. The van der Waals surface area contributed by atoms with Crippen LogP contribution in [0.1, 0.15) is 86.1 Å². The number of aryl methyl sites for hydroxylation is 1. The van der Waals surface area contributed by atoms with Gasteiger partial charge in [-0.1, -0.05) is 6.57 Å². The van der Waals surface area contributed by atoms with Gasteiger partial charge < -0.3 is 57.7 Å². The van der Waals surface area contributed by atoms with Crippen molar-refractivity contribution < 1.29 is 83.8 Å². The number of nitrogens with one attached hydrogen (secondary N) is 1. The summed E-state index contributed by atoms with van der Waals surface area (Å²) in [6.07, 6.45) is -4.29. The lowest BCUT2D eigenvalue weighted by molar-refractivity contribution is -0.144. The Morgan fingerprint density at radius 3 is 1.75 bits per heavy atom. The smallest absolute Gasteiger partial charge is 0.473 e. The van der Waals surface area contributed by atoms with Crippen LogP contribution in [0.2, 0.25) is 0 Å². The lowest BCUT2D eigenvalue weighted by atomic mass is 10.0. The number of benzene rings is 2. The summed E-state index contributed by atoms with van der Waals surface area (Å²) in [6.45, 7) is 24.1. The molecule has 472 valence electrons. The average molecular weight is 1280 g/mol. The number of aliphatic imine (C=N–C) groups is 1. The van der Waals surface area contributed by atoms with Gasteiger partial charge in [0.1, 0.15) is 77.7 Å². The molecule has 4 aromatic heterocycles. The molecule has 0 saturated carbocycles. The molecule has 0 spiro atoms. The molecule has 1 amide bonds. The van der Waals surface area contributed by atoms with E-state index in [0.29, 0.717) is 17.6 Å². The van der Waals surface area contributed by atoms with E-state index >= 15 is 4.39 Å². The van der Waals surface area contributed by atoms with Gasteiger partial charge in [0.2, 0.25) is 11.8 Å². The highest BCUT2D eigenvalue weighted by Gasteiger charge is 2.51. The van der Waals surface area contributed by atoms with Gasteiger partial charge in [0.25, 0.3) is 11.7 Å². The molecule has 0 radical (unpaired) electrons. The van der Waals surface area contributed by atoms with Gasteiger partial charge in [-0.2, -0.15) is 43.4 Å². The summed E-state index contributed by atoms with van der Waals surface area (Å²) < 4.78 is 118. The predicted molar refractivity (Wildman–Crippen MR) is 318 cm³/mol. The fourth-order valence-electron chi connectivity index (χ4n) is 7.75. The molecule has 25 nitrogen and oxygen atoms in total. The Labute approximate surface area is 517 Å². The van der Waals surface area contributed by atoms with Crippen LogP contribution in [-0.4, -0.2) is 134 Å². The lowest BCUT2D eigenvalue weighted by Crippen LogP contribution is -2.44. The maximum Gasteiger partial charge on any atom is 0.508 e. The number of rotatable bonds is 16. The summed E-state index contributed by atoms with van der Waals surface area (Å²) in [4.78, 5) is 81.8. The summed E-state index contributed by atoms with van der Waals surface area (Å²) in [6, 6.07) is 8.53. The number of thiocarbonyl (C=S) groups is 2. The fourth-order valence-corrected chi connectivity index (χ4v) is 8.38. The Balaban J connectivity index is 0.000000283. The first kappa shape index (κ1) is 70.0. The highest BCUT2D eigenvalue weighted by Crippen LogP contribution is 2.42. The molecule has 0 atom stereocenters. The van der Waals surface area contributed by atoms with E-state index in [1.54, 1.807) is 61.5 Å². The van der Waals surface area contributed by atoms with Gasteiger partial charge in [0.05, 0.1) is 54.7 Å². The van der Waals surface area contributed by atoms with Gasteiger partial charge in [0, 0.05) is 11.4 Å². The van der Waals surface area contributed by atoms with Crippen LogP contribution >= 0.6 is 24.4 Å². The molecule has 2 aromatic carbocycles. The Bertz CT molecular complexity index is 3830. The number of hydrogen-bond acceptors (Lipinski definition) is 24. The topological polar surface area (TPSA) is 288 Å². The Hall–Kier alpha value is -9.78. The molecule has 0 unspecified atom stereocenters. The third kappa shape index (κ3) is 18.2. The first-order valence-corrected chi connectivity index (χ1v) is 26.9. The standard InChI is InChI=1S/C28H26F4N6O6S.C21H28FN3O7.C8H5N3S/c1-26(2,3)44-25(40)43-8-7-42-21-16-9-14(11-18(29)20(16)35-23(36-21)41-6)38-24(45)37(22(39)27(38,4)5)15-10-17(28(30,31)32)19(12-33)34-13-15;1-20(2,3)32-19(27)31-9-8-30-16-13-10-12(25-21(4,5)17(26)28-6)11-14(22)15(13)23-18(24-16)29-7;1-6-3-7(11-5-12)4-10-8(6)9-2/h9-11,13H,7-8H2,1-6H3;10-11,25H,8-9H2,1-7H3;3-4H,1H3. The number of pyridine rings is 2. The Morgan fingerprint density at radius 1 is 0.764 bits per heavy atom. The van der Waals surface area contributed by atoms with E-state index < -0.39 is 75.5 Å². The third-order valence-corrected chi connectivity index (χ3v) is 12.0. The van der Waals surface area contributed by atoms with Crippen molar-refractivity contribution in [3.8, 4) is 29.9 Å². The normalized spacial score (nSPS) is 12.8. The van der Waals surface area contributed by atoms with Crippen molar-refractivity contribution in [1.29, 1.82) is 5.26 Å². The number of amides is 1. The minimum absolute atomic E-state index is 0.0121. The Morgan fingerprint density at radius 2 is 1.29 bits per heavy atom. The quantitative estimate of drug-likeness (QED) is 0.0179. The van der Waals surface area contributed by atoms with Crippen LogP contribution in [0.25, 0.3) is 26.7 Å². The number of alkyl halides is 3. The minimum Gasteiger partial charge on any atom is -0.473 e. The molecular formula is C57H59F5N12O13S2. The zero-order valence-electron chi connectivity index (χ0n) is 50.4. The van der Waals surface area contributed by atoms with Crippen LogP contribution in [-0.2, 0) is 39.4 Å². The third-order valence-electron chi connectivity index (χ3n) is 11.5. The van der Waals surface area contributed by atoms with Crippen LogP contribution in [0.3, 0.4) is 0 Å². The zero-order valence-corrected chi connectivity index (χ0v) is 52.0. The molecule has 89 heavy (non-hydrogen) atoms. The number of fused-ring (bicyclic) bond motifs is 2. The number of isothiocyanates is 1. The van der Waals surface area contributed by atoms with E-state index in [9.17, 15) is 36.7 Å². The summed E-state index contributed by atoms with van der Waals surface area (Å²) in [5, 5.41) is 14.2. The number of hydrogen-bond donors (Lipinski definition) is 1. The second-order valence-corrected chi connectivity index (χ2v) is 22.0. The van der Waals surface area contributed by atoms with Gasteiger partial charge in [-0.05, 0) is 143 Å². The monoisotopic (exact) mass is 1280 g/mol. The molecule has 7 rings (SSSR count). The number of nitriles is 1. The van der Waals surface area contributed by atoms with E-state index in [1.165, 1.54) is 70.5 Å². The molecule has 1 saturated heterocycles. The van der Waals surface area contributed by atoms with Crippen LogP contribution < -0.4 is 34.1 Å². The van der Waals surface area contributed by atoms with Crippen molar-refractivity contribution >= 4 is 109 Å². The zero-order chi connectivity index (χ0) is 66.6. The highest BCUT2D eigenvalue weighted by atomic mass is 32.1. The van der Waals surface area contributed by atoms with Crippen LogP contribution in [0.15, 0.2) is 53.8 Å². The highest BCUT2D eigenvalue weighted by molar-refractivity contribution is 7.81. The lowest BCUT2D eigenvalue weighted by Gasteiger charge is -2.29. The van der Waals surface area contributed by atoms with E-state index in [2.05, 4.69) is 62.4 Å². The predicted octanol–water partition coefficient (Wildman–Crippen LogP) is 11.5. The van der Waals surface area contributed by atoms with Crippen molar-refractivity contribution in [1.82, 2.24) is 29.9 Å². The molecule has 5 heterocycles. The number of carbonyl (C=O) groups excluding carboxylic acids is 4. The number of nitrogens with zero attached hydrogens (tertiary/aromatic N) is 11. The molecule has 6 aromatic rings. The van der Waals surface area contributed by atoms with Gasteiger partial charge in [-0.3, -0.25) is 9.69 Å². The van der Waals surface area contributed by atoms with Crippen LogP contribution in [0.5, 0.6) is 23.8 Å². The number of esters is 1. The second kappa shape index (κ2) is 28.8. The minimum atomic E-state index is -4.94. The van der Waals surface area contributed by atoms with Crippen molar-refractivity contribution in [2.24, 2.45) is 4.99 Å². The summed E-state index contributed by atoms with van der Waals surface area (Å²) >= 11 is 9.96. The largest absolute Gasteiger partial charge is 0.508 e. The number of aromatic nitrogens is 6. The molecule has 0 bridgehead atoms. The molecule has 1 aliphatic rings. The number of carbonyl (C=O) groups is 4. The first-order valence-electron chi connectivity index (χ1n) is 26.0. The van der Waals surface area contributed by atoms with Gasteiger partial charge >= 0.3 is 36.5 Å². The number of ether oxygens (including phenoxy) is 9. The molecule has 32 heteroatoms. The summed E-state index contributed by atoms with van der Waals surface area (Å²) in [5.74, 6) is -2.59. The summed E-state index contributed by atoms with van der Waals surface area (Å²) in [7, 11) is 3.86. The molecule has 1 fully saturated rings. The van der Waals surface area contributed by atoms with E-state index in [-0.39, 0.29) is 94.2 Å². The van der Waals surface area contributed by atoms with Gasteiger partial charge in [-0.25, -0.2) is 28.1 Å². The number of halogens is 5. The molecule has 0 aliphatic carbocycles. The van der Waals surface area contributed by atoms with Crippen LogP contribution in [0.4, 0.5) is 60.1 Å². The summed E-state index contributed by atoms with van der Waals surface area (Å²) in [5.41, 5.74) is -5.20. The van der Waals surface area contributed by atoms with Crippen molar-refractivity contribution in [2.45, 2.75) is 105 Å². The maximum absolute atomic E-state index is 15.6.